The van der Waals surface area contributed by atoms with Gasteiger partial charge in [-0.25, -0.2) is 0 Å². The fraction of sp³-hybridized carbons (Fsp3) is 0.111. The van der Waals surface area contributed by atoms with Gasteiger partial charge >= 0.3 is 0 Å². The van der Waals surface area contributed by atoms with E-state index in [4.69, 9.17) is 9.68 Å². The van der Waals surface area contributed by atoms with Crippen LogP contribution in [-0.4, -0.2) is 4.98 Å². The lowest BCUT2D eigenvalue weighted by Gasteiger charge is -1.84. The van der Waals surface area contributed by atoms with Gasteiger partial charge in [0, 0.05) is 6.20 Å². The minimum atomic E-state index is 0.261. The van der Waals surface area contributed by atoms with Crippen molar-refractivity contribution in [1.82, 2.24) is 4.98 Å². The molecule has 2 aromatic rings. The van der Waals surface area contributed by atoms with E-state index in [1.807, 2.05) is 12.1 Å². The Kier molecular flexibility index (Phi) is 2.03. The number of hydrogen-bond donors (Lipinski definition) is 0. The molecule has 0 aliphatic carbocycles. The molecule has 0 fully saturated rings. The summed E-state index contributed by atoms with van der Waals surface area (Å²) in [6.45, 7) is 0. The van der Waals surface area contributed by atoms with Gasteiger partial charge in [-0.15, -0.1) is 0 Å². The lowest BCUT2D eigenvalue weighted by molar-refractivity contribution is 0.564. The van der Waals surface area contributed by atoms with Crippen LogP contribution in [0, 0.1) is 11.3 Å². The summed E-state index contributed by atoms with van der Waals surface area (Å²) in [6, 6.07) is 5.66. The topological polar surface area (TPSA) is 49.8 Å². The van der Waals surface area contributed by atoms with Crippen molar-refractivity contribution in [2.24, 2.45) is 0 Å². The van der Waals surface area contributed by atoms with Crippen molar-refractivity contribution in [3.05, 3.63) is 28.6 Å². The van der Waals surface area contributed by atoms with Crippen molar-refractivity contribution < 1.29 is 4.42 Å². The normalized spacial score (nSPS) is 10.2. The van der Waals surface area contributed by atoms with E-state index in [1.165, 1.54) is 0 Å². The highest BCUT2D eigenvalue weighted by Crippen LogP contribution is 2.28. The molecule has 3 nitrogen and oxygen atoms in total. The van der Waals surface area contributed by atoms with Crippen LogP contribution in [0.25, 0.3) is 11.1 Å². The van der Waals surface area contributed by atoms with Crippen LogP contribution in [0.1, 0.15) is 5.76 Å². The lowest BCUT2D eigenvalue weighted by atomic mass is 10.3. The molecule has 0 spiro atoms. The molecule has 0 aromatic carbocycles. The first-order valence-electron chi connectivity index (χ1n) is 3.72. The SMILES string of the molecule is N#CCc1oc2cccnc2c1Br. The van der Waals surface area contributed by atoms with E-state index in [-0.39, 0.29) is 6.42 Å². The standard InChI is InChI=1S/C9H5BrN2O/c10-8-6(3-4-11)13-7-2-1-5-12-9(7)8/h1-2,5H,3H2. The Morgan fingerprint density at radius 2 is 2.46 bits per heavy atom. The van der Waals surface area contributed by atoms with Crippen LogP contribution in [0.4, 0.5) is 0 Å². The molecule has 0 saturated carbocycles. The van der Waals surface area contributed by atoms with Crippen LogP contribution in [0.3, 0.4) is 0 Å². The largest absolute Gasteiger partial charge is 0.457 e. The van der Waals surface area contributed by atoms with Crippen LogP contribution in [0.2, 0.25) is 0 Å². The van der Waals surface area contributed by atoms with Crippen LogP contribution < -0.4 is 0 Å². The van der Waals surface area contributed by atoms with E-state index < -0.39 is 0 Å². The van der Waals surface area contributed by atoms with Crippen LogP contribution in [0.5, 0.6) is 0 Å². The number of pyridine rings is 1. The van der Waals surface area contributed by atoms with Crippen LogP contribution in [-0.2, 0) is 6.42 Å². The Labute approximate surface area is 83.1 Å². The Morgan fingerprint density at radius 3 is 3.15 bits per heavy atom. The molecule has 4 heteroatoms. The predicted molar refractivity (Wildman–Crippen MR) is 51.0 cm³/mol. The van der Waals surface area contributed by atoms with Crippen molar-refractivity contribution in [2.45, 2.75) is 6.42 Å². The van der Waals surface area contributed by atoms with E-state index in [9.17, 15) is 0 Å². The molecule has 0 radical (unpaired) electrons. The third-order valence-corrected chi connectivity index (χ3v) is 2.51. The molecular weight excluding hydrogens is 232 g/mol. The minimum absolute atomic E-state index is 0.261. The fourth-order valence-electron chi connectivity index (χ4n) is 1.13. The Bertz CT molecular complexity index is 484. The van der Waals surface area contributed by atoms with Gasteiger partial charge in [0.15, 0.2) is 5.58 Å². The van der Waals surface area contributed by atoms with Crippen molar-refractivity contribution in [3.8, 4) is 6.07 Å². The van der Waals surface area contributed by atoms with Gasteiger partial charge in [-0.05, 0) is 28.1 Å². The summed E-state index contributed by atoms with van der Waals surface area (Å²) in [5, 5.41) is 8.52. The number of halogens is 1. The predicted octanol–water partition coefficient (Wildman–Crippen LogP) is 2.66. The summed E-state index contributed by atoms with van der Waals surface area (Å²) in [5.74, 6) is 0.635. The summed E-state index contributed by atoms with van der Waals surface area (Å²) >= 11 is 3.35. The first kappa shape index (κ1) is 8.27. The van der Waals surface area contributed by atoms with Crippen molar-refractivity contribution >= 4 is 27.0 Å². The molecule has 0 unspecified atom stereocenters. The highest BCUT2D eigenvalue weighted by Gasteiger charge is 2.11. The molecule has 0 aliphatic rings. The zero-order valence-corrected chi connectivity index (χ0v) is 8.21. The fourth-order valence-corrected chi connectivity index (χ4v) is 1.65. The number of hydrogen-bond acceptors (Lipinski definition) is 3. The van der Waals surface area contributed by atoms with Crippen LogP contribution >= 0.6 is 15.9 Å². The second kappa shape index (κ2) is 3.19. The molecule has 0 amide bonds. The molecular formula is C9H5BrN2O. The van der Waals surface area contributed by atoms with Gasteiger partial charge < -0.3 is 4.42 Å². The van der Waals surface area contributed by atoms with Gasteiger partial charge in [0.25, 0.3) is 0 Å². The second-order valence-corrected chi connectivity index (χ2v) is 3.32. The van der Waals surface area contributed by atoms with Crippen LogP contribution in [0.15, 0.2) is 27.2 Å². The van der Waals surface area contributed by atoms with Gasteiger partial charge in [-0.3, -0.25) is 4.98 Å². The van der Waals surface area contributed by atoms with Gasteiger partial charge in [0.2, 0.25) is 0 Å². The zero-order valence-electron chi connectivity index (χ0n) is 6.62. The maximum atomic E-state index is 8.52. The highest BCUT2D eigenvalue weighted by atomic mass is 79.9. The molecule has 2 rings (SSSR count). The van der Waals surface area contributed by atoms with Gasteiger partial charge in [0.1, 0.15) is 11.3 Å². The van der Waals surface area contributed by atoms with Gasteiger partial charge in [-0.1, -0.05) is 0 Å². The second-order valence-electron chi connectivity index (χ2n) is 2.52. The summed E-state index contributed by atoms with van der Waals surface area (Å²) in [4.78, 5) is 4.13. The molecule has 0 saturated heterocycles. The third kappa shape index (κ3) is 1.31. The monoisotopic (exact) mass is 236 g/mol. The molecule has 64 valence electrons. The van der Waals surface area contributed by atoms with E-state index in [2.05, 4.69) is 20.9 Å². The number of nitrogens with zero attached hydrogens (tertiary/aromatic N) is 2. The minimum Gasteiger partial charge on any atom is -0.457 e. The zero-order chi connectivity index (χ0) is 9.26. The number of nitriles is 1. The summed E-state index contributed by atoms with van der Waals surface area (Å²) < 4.78 is 6.19. The van der Waals surface area contributed by atoms with Crippen molar-refractivity contribution in [3.63, 3.8) is 0 Å². The van der Waals surface area contributed by atoms with Crippen molar-refractivity contribution in [1.29, 1.82) is 5.26 Å². The molecule has 0 atom stereocenters. The first-order valence-corrected chi connectivity index (χ1v) is 4.51. The number of furan rings is 1. The Hall–Kier alpha value is -1.34. The maximum Gasteiger partial charge on any atom is 0.153 e. The van der Waals surface area contributed by atoms with Gasteiger partial charge in [-0.2, -0.15) is 5.26 Å². The molecule has 2 heterocycles. The summed E-state index contributed by atoms with van der Waals surface area (Å²) in [6.07, 6.45) is 1.95. The Morgan fingerprint density at radius 1 is 1.62 bits per heavy atom. The first-order chi connectivity index (χ1) is 6.33. The van der Waals surface area contributed by atoms with Crippen molar-refractivity contribution in [2.75, 3.05) is 0 Å². The third-order valence-electron chi connectivity index (χ3n) is 1.70. The summed E-state index contributed by atoms with van der Waals surface area (Å²) in [5.41, 5.74) is 1.48. The van der Waals surface area contributed by atoms with E-state index in [0.717, 1.165) is 9.99 Å². The lowest BCUT2D eigenvalue weighted by Crippen LogP contribution is -1.76. The van der Waals surface area contributed by atoms with E-state index >= 15 is 0 Å². The quantitative estimate of drug-likeness (QED) is 0.765. The number of fused-ring (bicyclic) bond motifs is 1. The molecule has 0 aliphatic heterocycles. The van der Waals surface area contributed by atoms with Gasteiger partial charge in [0.05, 0.1) is 17.0 Å². The molecule has 2 aromatic heterocycles. The summed E-state index contributed by atoms with van der Waals surface area (Å²) in [7, 11) is 0. The maximum absolute atomic E-state index is 8.52. The number of aromatic nitrogens is 1. The molecule has 13 heavy (non-hydrogen) atoms. The van der Waals surface area contributed by atoms with E-state index in [0.29, 0.717) is 11.3 Å². The molecule has 0 N–H and O–H groups in total. The smallest absolute Gasteiger partial charge is 0.153 e. The number of rotatable bonds is 1. The highest BCUT2D eigenvalue weighted by molar-refractivity contribution is 9.10. The Balaban J connectivity index is 2.68. The molecule has 0 bridgehead atoms. The van der Waals surface area contributed by atoms with E-state index in [1.54, 1.807) is 12.3 Å². The average Bonchev–Trinajstić information content (AvgIpc) is 2.46. The average molecular weight is 237 g/mol.